The molecule has 3 aromatic heterocycles. The molecule has 0 saturated carbocycles. The van der Waals surface area contributed by atoms with Crippen LogP contribution in [0.25, 0.3) is 132 Å². The molecule has 0 bridgehead atoms. The van der Waals surface area contributed by atoms with E-state index in [4.69, 9.17) is 0 Å². The lowest BCUT2D eigenvalue weighted by Gasteiger charge is -2.44. The third-order valence-electron chi connectivity index (χ3n) is 25.6. The summed E-state index contributed by atoms with van der Waals surface area (Å²) in [6, 6.07) is 123. The van der Waals surface area contributed by atoms with Gasteiger partial charge in [-0.2, -0.15) is 0 Å². The van der Waals surface area contributed by atoms with Crippen LogP contribution in [0, 0.1) is 0 Å². The van der Waals surface area contributed by atoms with Gasteiger partial charge in [0.1, 0.15) is 0 Å². The Bertz CT molecular complexity index is 6910. The van der Waals surface area contributed by atoms with Crippen molar-refractivity contribution < 1.29 is 0 Å². The van der Waals surface area contributed by atoms with Crippen molar-refractivity contribution in [3.63, 3.8) is 0 Å². The summed E-state index contributed by atoms with van der Waals surface area (Å²) in [6.07, 6.45) is 0. The third-order valence-corrected chi connectivity index (χ3v) is 25.6. The maximum absolute atomic E-state index is 2.74. The number of aromatic nitrogens is 2. The minimum Gasteiger partial charge on any atom is -0.311 e. The molecule has 3 nitrogen and oxygen atoms in total. The predicted octanol–water partition coefficient (Wildman–Crippen LogP) is 28.3. The topological polar surface area (TPSA) is 12.6 Å². The van der Waals surface area contributed by atoms with Gasteiger partial charge in [-0.25, -0.2) is 0 Å². The molecule has 115 heavy (non-hydrogen) atoms. The molecular formula is C111H98BN3. The average molecular weight is 1480 g/mol. The first kappa shape index (κ1) is 71.8. The van der Waals surface area contributed by atoms with E-state index in [0.717, 1.165) is 28.1 Å². The van der Waals surface area contributed by atoms with Crippen molar-refractivity contribution in [2.75, 3.05) is 4.90 Å². The Morgan fingerprint density at radius 1 is 0.270 bits per heavy atom. The molecule has 0 aliphatic carbocycles. The number of hydrogen-bond donors (Lipinski definition) is 0. The van der Waals surface area contributed by atoms with Gasteiger partial charge in [-0.05, 0) is 209 Å². The van der Waals surface area contributed by atoms with Gasteiger partial charge in [0.2, 0.25) is 6.71 Å². The molecule has 0 saturated heterocycles. The summed E-state index contributed by atoms with van der Waals surface area (Å²) in [7, 11) is 0. The van der Waals surface area contributed by atoms with Crippen LogP contribution in [0.2, 0.25) is 0 Å². The van der Waals surface area contributed by atoms with Crippen LogP contribution >= 0.6 is 0 Å². The van der Waals surface area contributed by atoms with Crippen molar-refractivity contribution in [1.82, 2.24) is 8.97 Å². The molecule has 15 aromatic carbocycles. The molecule has 0 N–H and O–H groups in total. The van der Waals surface area contributed by atoms with E-state index in [2.05, 4.69) is 433 Å². The van der Waals surface area contributed by atoms with Gasteiger partial charge in [0, 0.05) is 55.3 Å². The van der Waals surface area contributed by atoms with Gasteiger partial charge < -0.3 is 13.9 Å². The second-order valence-electron chi connectivity index (χ2n) is 38.0. The van der Waals surface area contributed by atoms with E-state index in [1.807, 2.05) is 0 Å². The molecule has 18 aromatic rings. The predicted molar refractivity (Wildman–Crippen MR) is 496 cm³/mol. The van der Waals surface area contributed by atoms with E-state index in [0.29, 0.717) is 0 Å². The van der Waals surface area contributed by atoms with E-state index in [1.165, 1.54) is 182 Å². The highest BCUT2D eigenvalue weighted by molar-refractivity contribution is 6.99. The Balaban J connectivity index is 1.02. The first-order valence-corrected chi connectivity index (χ1v) is 41.4. The van der Waals surface area contributed by atoms with Gasteiger partial charge in [-0.15, -0.1) is 0 Å². The van der Waals surface area contributed by atoms with Crippen molar-refractivity contribution in [3.8, 4) is 50.2 Å². The third kappa shape index (κ3) is 11.7. The zero-order valence-corrected chi connectivity index (χ0v) is 69.0. The van der Waals surface area contributed by atoms with Crippen molar-refractivity contribution in [2.24, 2.45) is 0 Å². The number of para-hydroxylation sites is 2. The molecule has 2 aliphatic heterocycles. The fourth-order valence-corrected chi connectivity index (χ4v) is 19.4. The lowest BCUT2D eigenvalue weighted by molar-refractivity contribution is 0.569. The first-order valence-electron chi connectivity index (χ1n) is 41.4. The monoisotopic (exact) mass is 1480 g/mol. The standard InChI is InChI=1S/C111H98BN3/c1-107(2,3)74-49-56-97-90(62-74)91-63-75(108(4,5)6)50-57-98(91)113(97)80-53-55-95-99(66-80)114(79-51-46-69(47-52-79)68-32-19-16-20-33-68)106-103-87-44-31-43-86-84-41-28-26-39-82(84)81-38-25-27-40-83(81)85-42-29-30-45-96(85)115(105(86)87)100(103)67-93-102(101-88(70-34-21-17-22-35-70)64-78(111(13,14)15)65-89(101)71-36-23-18-24-37-71)92-60-72(48-54-94(92)112(95)104(93)106)73-58-76(109(7,8)9)61-77(59-73)110(10,11)12/h16-67,102H,1-15H3. The molecule has 1 atom stereocenters. The van der Waals surface area contributed by atoms with Crippen LogP contribution in [0.4, 0.5) is 17.1 Å². The van der Waals surface area contributed by atoms with Crippen molar-refractivity contribution in [1.29, 1.82) is 0 Å². The van der Waals surface area contributed by atoms with Gasteiger partial charge in [0.15, 0.2) is 0 Å². The minimum atomic E-state index is -0.341. The highest BCUT2D eigenvalue weighted by Gasteiger charge is 2.47. The fourth-order valence-electron chi connectivity index (χ4n) is 19.4. The van der Waals surface area contributed by atoms with E-state index >= 15 is 0 Å². The largest absolute Gasteiger partial charge is 0.311 e. The molecule has 0 amide bonds. The maximum atomic E-state index is 2.74. The highest BCUT2D eigenvalue weighted by Crippen LogP contribution is 2.55. The Hall–Kier alpha value is -12.2. The maximum Gasteiger partial charge on any atom is 0.247 e. The second-order valence-corrected chi connectivity index (χ2v) is 38.0. The quantitative estimate of drug-likeness (QED) is 0.145. The van der Waals surface area contributed by atoms with Crippen LogP contribution in [0.15, 0.2) is 315 Å². The molecule has 2 aliphatic rings. The molecule has 560 valence electrons. The molecular weight excluding hydrogens is 1390 g/mol. The normalized spacial score (nSPS) is 13.9. The van der Waals surface area contributed by atoms with E-state index < -0.39 is 0 Å². The number of anilines is 3. The Morgan fingerprint density at radius 2 is 0.713 bits per heavy atom. The highest BCUT2D eigenvalue weighted by atomic mass is 15.2. The summed E-state index contributed by atoms with van der Waals surface area (Å²) in [4.78, 5) is 2.74. The van der Waals surface area contributed by atoms with Gasteiger partial charge in [-0.3, -0.25) is 0 Å². The molecule has 5 heterocycles. The average Bonchev–Trinajstić information content (AvgIpc) is 1.62. The van der Waals surface area contributed by atoms with Crippen molar-refractivity contribution >= 4 is 122 Å². The molecule has 1 unspecified atom stereocenters. The Morgan fingerprint density at radius 3 is 1.26 bits per heavy atom. The van der Waals surface area contributed by atoms with E-state index in [9.17, 15) is 0 Å². The zero-order chi connectivity index (χ0) is 79.1. The lowest BCUT2D eigenvalue weighted by Crippen LogP contribution is -2.62. The summed E-state index contributed by atoms with van der Waals surface area (Å²) in [5.41, 5.74) is 33.9. The smallest absolute Gasteiger partial charge is 0.247 e. The van der Waals surface area contributed by atoms with Crippen molar-refractivity contribution in [2.45, 2.75) is 137 Å². The van der Waals surface area contributed by atoms with Gasteiger partial charge in [0.25, 0.3) is 0 Å². The van der Waals surface area contributed by atoms with E-state index in [-0.39, 0.29) is 39.7 Å². The van der Waals surface area contributed by atoms with Crippen LogP contribution < -0.4 is 21.3 Å². The molecule has 0 radical (unpaired) electrons. The number of fused-ring (bicyclic) bond motifs is 18. The zero-order valence-electron chi connectivity index (χ0n) is 69.0. The SMILES string of the molecule is CC(C)(C)c1cc(-c2ccc3c(c2)C(c2c(-c4ccccc4)cc(C(C)(C)C)cc2-c2ccccc2)c2cc4c(c5c2B3c2ccc(-n3c6ccc(C(C)(C)C)cc6c6cc(C(C)(C)C)ccc63)cc2N5c2ccc(-c3ccccc3)cc2)c2cccc3c5ccccc5c5ccccc5c5ccccc5n4c32)cc(C(C)(C)C)c1. The molecule has 0 spiro atoms. The molecule has 20 rings (SSSR count). The number of hydrogen-bond acceptors (Lipinski definition) is 1. The second kappa shape index (κ2) is 26.2. The van der Waals surface area contributed by atoms with Crippen LogP contribution in [-0.2, 0) is 27.1 Å². The number of rotatable bonds is 7. The van der Waals surface area contributed by atoms with Crippen LogP contribution in [0.5, 0.6) is 0 Å². The first-order chi connectivity index (χ1) is 55.2. The van der Waals surface area contributed by atoms with Gasteiger partial charge >= 0.3 is 0 Å². The number of nitrogens with zero attached hydrogens (tertiary/aromatic N) is 3. The summed E-state index contributed by atoms with van der Waals surface area (Å²) in [5, 5.41) is 12.2. The van der Waals surface area contributed by atoms with Crippen LogP contribution in [0.3, 0.4) is 0 Å². The number of benzene rings is 15. The van der Waals surface area contributed by atoms with E-state index in [1.54, 1.807) is 0 Å². The lowest BCUT2D eigenvalue weighted by atomic mass is 9.30. The Kier molecular flexibility index (Phi) is 16.3. The minimum absolute atomic E-state index is 0.0645. The summed E-state index contributed by atoms with van der Waals surface area (Å²) >= 11 is 0. The summed E-state index contributed by atoms with van der Waals surface area (Å²) < 4.78 is 5.30. The summed E-state index contributed by atoms with van der Waals surface area (Å²) in [6.45, 7) is 35.2. The molecule has 0 fully saturated rings. The fraction of sp³-hybridized carbons (Fsp3) is 0.189. The summed E-state index contributed by atoms with van der Waals surface area (Å²) in [5.74, 6) is -0.341. The van der Waals surface area contributed by atoms with Crippen LogP contribution in [-0.4, -0.2) is 15.7 Å². The Labute approximate surface area is 678 Å². The van der Waals surface area contributed by atoms with Crippen molar-refractivity contribution in [3.05, 3.63) is 360 Å². The van der Waals surface area contributed by atoms with Gasteiger partial charge in [0.05, 0.1) is 33.3 Å². The van der Waals surface area contributed by atoms with Gasteiger partial charge in [-0.1, -0.05) is 364 Å². The van der Waals surface area contributed by atoms with Crippen LogP contribution in [0.1, 0.15) is 154 Å². The molecule has 4 heteroatoms.